The number of anilines is 2. The Hall–Kier alpha value is -1.86. The Morgan fingerprint density at radius 3 is 0.917 bits per heavy atom. The number of amides is 4. The predicted molar refractivity (Wildman–Crippen MR) is 88.9 cm³/mol. The van der Waals surface area contributed by atoms with Crippen LogP contribution in [0.3, 0.4) is 0 Å². The van der Waals surface area contributed by atoms with E-state index in [0.717, 1.165) is 9.80 Å². The fourth-order valence-electron chi connectivity index (χ4n) is 2.17. The summed E-state index contributed by atoms with van der Waals surface area (Å²) in [5.41, 5.74) is 0.346. The minimum atomic E-state index is -0.763. The van der Waals surface area contributed by atoms with Crippen LogP contribution >= 0.6 is 46.4 Å². The Morgan fingerprint density at radius 2 is 0.708 bits per heavy atom. The summed E-state index contributed by atoms with van der Waals surface area (Å²) in [4.78, 5) is 49.3. The van der Waals surface area contributed by atoms with Crippen molar-refractivity contribution >= 4 is 81.4 Å². The number of hydrogen-bond acceptors (Lipinski definition) is 4. The molecule has 0 atom stereocenters. The average molecular weight is 406 g/mol. The first-order valence-electron chi connectivity index (χ1n) is 6.24. The van der Waals surface area contributed by atoms with Crippen LogP contribution in [0.2, 0.25) is 0 Å². The van der Waals surface area contributed by atoms with E-state index in [1.54, 1.807) is 0 Å². The molecule has 0 saturated heterocycles. The van der Waals surface area contributed by atoms with Crippen molar-refractivity contribution in [2.24, 2.45) is 0 Å². The number of halogens is 4. The van der Waals surface area contributed by atoms with Crippen LogP contribution in [0.25, 0.3) is 0 Å². The van der Waals surface area contributed by atoms with Crippen LogP contribution in [0.15, 0.2) is 44.4 Å². The second-order valence-electron chi connectivity index (χ2n) is 4.66. The SMILES string of the molecule is O=C1C(Cl)=C(Cl)C(=O)N1c1ccc(N2C(=O)C(Cl)=C(Cl)C2=O)cc1. The largest absolute Gasteiger partial charge is 0.278 e. The molecule has 0 unspecified atom stereocenters. The van der Waals surface area contributed by atoms with Gasteiger partial charge in [0.2, 0.25) is 0 Å². The van der Waals surface area contributed by atoms with Gasteiger partial charge in [-0.1, -0.05) is 46.4 Å². The van der Waals surface area contributed by atoms with Crippen LogP contribution in [0.5, 0.6) is 0 Å². The highest BCUT2D eigenvalue weighted by molar-refractivity contribution is 6.63. The van der Waals surface area contributed by atoms with E-state index in [2.05, 4.69) is 0 Å². The molecule has 0 aliphatic carbocycles. The lowest BCUT2D eigenvalue weighted by molar-refractivity contribution is -0.121. The molecule has 0 spiro atoms. The van der Waals surface area contributed by atoms with E-state index in [1.165, 1.54) is 24.3 Å². The molecule has 0 bridgehead atoms. The van der Waals surface area contributed by atoms with Crippen molar-refractivity contribution in [3.63, 3.8) is 0 Å². The van der Waals surface area contributed by atoms with Gasteiger partial charge in [-0.05, 0) is 24.3 Å². The molecule has 6 nitrogen and oxygen atoms in total. The molecule has 2 heterocycles. The maximum absolute atomic E-state index is 11.9. The minimum Gasteiger partial charge on any atom is -0.267 e. The fraction of sp³-hybridized carbons (Fsp3) is 0. The number of carbonyl (C=O) groups is 4. The molecule has 0 fully saturated rings. The van der Waals surface area contributed by atoms with Gasteiger partial charge in [-0.15, -0.1) is 0 Å². The van der Waals surface area contributed by atoms with Crippen LogP contribution < -0.4 is 9.80 Å². The predicted octanol–water partition coefficient (Wildman–Crippen LogP) is 2.81. The first kappa shape index (κ1) is 17.0. The van der Waals surface area contributed by atoms with E-state index < -0.39 is 23.6 Å². The van der Waals surface area contributed by atoms with E-state index in [0.29, 0.717) is 0 Å². The molecule has 1 aromatic carbocycles. The van der Waals surface area contributed by atoms with Gasteiger partial charge in [-0.3, -0.25) is 19.2 Å². The number of carbonyl (C=O) groups excluding carboxylic acids is 4. The Labute approximate surface area is 154 Å². The number of hydrogen-bond donors (Lipinski definition) is 0. The van der Waals surface area contributed by atoms with Gasteiger partial charge < -0.3 is 0 Å². The molecule has 1 aromatic rings. The summed E-state index contributed by atoms with van der Waals surface area (Å²) in [6.45, 7) is 0. The molecule has 24 heavy (non-hydrogen) atoms. The summed E-state index contributed by atoms with van der Waals surface area (Å²) in [6.07, 6.45) is 0. The second-order valence-corrected chi connectivity index (χ2v) is 6.18. The second kappa shape index (κ2) is 5.89. The zero-order valence-corrected chi connectivity index (χ0v) is 14.4. The summed E-state index contributed by atoms with van der Waals surface area (Å²) in [6, 6.07) is 5.41. The topological polar surface area (TPSA) is 74.8 Å². The van der Waals surface area contributed by atoms with Crippen LogP contribution in [-0.4, -0.2) is 23.6 Å². The summed E-state index contributed by atoms with van der Waals surface area (Å²) < 4.78 is 0. The van der Waals surface area contributed by atoms with Gasteiger partial charge in [0.1, 0.15) is 20.1 Å². The molecule has 2 aliphatic heterocycles. The summed E-state index contributed by atoms with van der Waals surface area (Å²) in [7, 11) is 0. The number of imide groups is 2. The van der Waals surface area contributed by atoms with E-state index >= 15 is 0 Å². The maximum Gasteiger partial charge on any atom is 0.278 e. The summed E-state index contributed by atoms with van der Waals surface area (Å²) in [5, 5.41) is -1.51. The van der Waals surface area contributed by atoms with Crippen LogP contribution in [0.1, 0.15) is 0 Å². The van der Waals surface area contributed by atoms with Crippen LogP contribution in [0.4, 0.5) is 11.4 Å². The summed E-state index contributed by atoms with van der Waals surface area (Å²) >= 11 is 22.6. The van der Waals surface area contributed by atoms with E-state index in [4.69, 9.17) is 46.4 Å². The minimum absolute atomic E-state index is 0.173. The molecule has 3 rings (SSSR count). The van der Waals surface area contributed by atoms with Crippen LogP contribution in [-0.2, 0) is 19.2 Å². The molecule has 10 heteroatoms. The zero-order chi connectivity index (χ0) is 17.8. The van der Waals surface area contributed by atoms with Crippen molar-refractivity contribution in [2.75, 3.05) is 9.80 Å². The highest BCUT2D eigenvalue weighted by atomic mass is 35.5. The Morgan fingerprint density at radius 1 is 0.500 bits per heavy atom. The van der Waals surface area contributed by atoms with Gasteiger partial charge in [-0.2, -0.15) is 0 Å². The monoisotopic (exact) mass is 404 g/mol. The van der Waals surface area contributed by atoms with Gasteiger partial charge in [0.25, 0.3) is 23.6 Å². The van der Waals surface area contributed by atoms with Crippen molar-refractivity contribution in [3.05, 3.63) is 44.4 Å². The highest BCUT2D eigenvalue weighted by Gasteiger charge is 2.39. The first-order valence-corrected chi connectivity index (χ1v) is 7.75. The third kappa shape index (κ3) is 2.34. The fourth-order valence-corrected chi connectivity index (χ4v) is 2.83. The quantitative estimate of drug-likeness (QED) is 0.709. The number of benzene rings is 1. The maximum atomic E-state index is 11.9. The van der Waals surface area contributed by atoms with Crippen molar-refractivity contribution in [1.29, 1.82) is 0 Å². The Balaban J connectivity index is 1.91. The van der Waals surface area contributed by atoms with Crippen molar-refractivity contribution < 1.29 is 19.2 Å². The van der Waals surface area contributed by atoms with E-state index in [1.807, 2.05) is 0 Å². The number of nitrogens with zero attached hydrogens (tertiary/aromatic N) is 2. The lowest BCUT2D eigenvalue weighted by Gasteiger charge is -2.17. The third-order valence-electron chi connectivity index (χ3n) is 3.31. The molecule has 0 N–H and O–H groups in total. The normalized spacial score (nSPS) is 18.7. The van der Waals surface area contributed by atoms with Crippen molar-refractivity contribution in [3.8, 4) is 0 Å². The standard InChI is InChI=1S/C14H4Cl4N2O4/c15-7-8(16)12(22)19(11(7)21)5-1-2-6(4-3-5)20-13(23)9(17)10(18)14(20)24/h1-4H. The van der Waals surface area contributed by atoms with Gasteiger partial charge >= 0.3 is 0 Å². The molecule has 122 valence electrons. The molecule has 0 aromatic heterocycles. The molecule has 2 aliphatic rings. The zero-order valence-electron chi connectivity index (χ0n) is 11.3. The van der Waals surface area contributed by atoms with Crippen LogP contribution in [0, 0.1) is 0 Å². The third-order valence-corrected chi connectivity index (χ3v) is 4.91. The van der Waals surface area contributed by atoms with Crippen molar-refractivity contribution in [2.45, 2.75) is 0 Å². The lowest BCUT2D eigenvalue weighted by atomic mass is 10.2. The summed E-state index contributed by atoms with van der Waals surface area (Å²) in [5.74, 6) is -3.05. The number of rotatable bonds is 2. The smallest absolute Gasteiger partial charge is 0.267 e. The van der Waals surface area contributed by atoms with Gasteiger partial charge in [0.05, 0.1) is 11.4 Å². The highest BCUT2D eigenvalue weighted by Crippen LogP contribution is 2.34. The van der Waals surface area contributed by atoms with E-state index in [9.17, 15) is 19.2 Å². The van der Waals surface area contributed by atoms with Gasteiger partial charge in [0.15, 0.2) is 0 Å². The van der Waals surface area contributed by atoms with Gasteiger partial charge in [-0.25, -0.2) is 9.80 Å². The molecule has 0 saturated carbocycles. The molecule has 0 radical (unpaired) electrons. The molecule has 4 amide bonds. The Bertz CT molecular complexity index is 768. The Kier molecular flexibility index (Phi) is 4.17. The molecular formula is C14H4Cl4N2O4. The van der Waals surface area contributed by atoms with Gasteiger partial charge in [0, 0.05) is 0 Å². The first-order chi connectivity index (χ1) is 11.3. The van der Waals surface area contributed by atoms with Crippen molar-refractivity contribution in [1.82, 2.24) is 0 Å². The van der Waals surface area contributed by atoms with E-state index in [-0.39, 0.29) is 31.5 Å². The average Bonchev–Trinajstić information content (AvgIpc) is 2.88. The lowest BCUT2D eigenvalue weighted by Crippen LogP contribution is -2.32. The molecular weight excluding hydrogens is 402 g/mol.